The van der Waals surface area contributed by atoms with Gasteiger partial charge in [-0.05, 0) is 18.8 Å². The second kappa shape index (κ2) is 4.75. The van der Waals surface area contributed by atoms with E-state index >= 15 is 0 Å². The Kier molecular flexibility index (Phi) is 4.68. The summed E-state index contributed by atoms with van der Waals surface area (Å²) < 4.78 is 0. The topological polar surface area (TPSA) is 29.1 Å². The van der Waals surface area contributed by atoms with Crippen molar-refractivity contribution in [3.05, 3.63) is 0 Å². The number of hydrogen-bond donors (Lipinski definition) is 2. The van der Waals surface area contributed by atoms with E-state index in [0.717, 1.165) is 13.0 Å². The molecule has 1 amide bonds. The molecule has 0 aromatic carbocycles. The fourth-order valence-electron chi connectivity index (χ4n) is 0.708. The van der Waals surface area contributed by atoms with Crippen LogP contribution >= 0.6 is 12.6 Å². The minimum absolute atomic E-state index is 0.0163. The summed E-state index contributed by atoms with van der Waals surface area (Å²) in [6.45, 7) is 8.98. The van der Waals surface area contributed by atoms with E-state index < -0.39 is 0 Å². The van der Waals surface area contributed by atoms with E-state index in [1.165, 1.54) is 0 Å². The van der Waals surface area contributed by atoms with Gasteiger partial charge < -0.3 is 5.32 Å². The molecule has 0 saturated carbocycles. The van der Waals surface area contributed by atoms with Crippen LogP contribution in [0.15, 0.2) is 0 Å². The van der Waals surface area contributed by atoms with Gasteiger partial charge in [0.25, 0.3) is 0 Å². The number of thiol groups is 1. The molecular formula is C9H19NOS. The molecule has 3 heteroatoms. The number of nitrogens with one attached hydrogen (secondary N) is 1. The molecule has 0 aliphatic carbocycles. The molecule has 0 saturated heterocycles. The molecule has 0 radical (unpaired) electrons. The second-order valence-corrected chi connectivity index (χ2v) is 5.05. The maximum atomic E-state index is 11.0. The Balaban J connectivity index is 3.51. The van der Waals surface area contributed by atoms with Crippen LogP contribution in [0.1, 0.15) is 34.1 Å². The van der Waals surface area contributed by atoms with Crippen molar-refractivity contribution in [3.8, 4) is 0 Å². The van der Waals surface area contributed by atoms with Crippen LogP contribution in [0.5, 0.6) is 0 Å². The molecule has 0 aromatic heterocycles. The predicted molar refractivity (Wildman–Crippen MR) is 55.5 cm³/mol. The summed E-state index contributed by atoms with van der Waals surface area (Å²) in [6, 6.07) is 0. The van der Waals surface area contributed by atoms with Crippen LogP contribution in [0.2, 0.25) is 0 Å². The van der Waals surface area contributed by atoms with Crippen LogP contribution in [0.25, 0.3) is 0 Å². The minimum atomic E-state index is -0.204. The van der Waals surface area contributed by atoms with Crippen LogP contribution in [-0.2, 0) is 4.79 Å². The van der Waals surface area contributed by atoms with E-state index in [4.69, 9.17) is 0 Å². The van der Waals surface area contributed by atoms with E-state index in [-0.39, 0.29) is 16.6 Å². The zero-order valence-corrected chi connectivity index (χ0v) is 9.24. The molecule has 2 nitrogen and oxygen atoms in total. The van der Waals surface area contributed by atoms with Gasteiger partial charge in [-0.3, -0.25) is 4.79 Å². The SMILES string of the molecule is CC(S)C(=O)NCCC(C)(C)C. The fraction of sp³-hybridized carbons (Fsp3) is 0.889. The molecule has 0 aliphatic heterocycles. The monoisotopic (exact) mass is 189 g/mol. The summed E-state index contributed by atoms with van der Waals surface area (Å²) >= 11 is 4.03. The number of carbonyl (C=O) groups is 1. The van der Waals surface area contributed by atoms with Crippen molar-refractivity contribution in [2.24, 2.45) is 5.41 Å². The van der Waals surface area contributed by atoms with E-state index in [2.05, 4.69) is 38.7 Å². The predicted octanol–water partition coefficient (Wildman–Crippen LogP) is 1.86. The molecule has 0 spiro atoms. The summed E-state index contributed by atoms with van der Waals surface area (Å²) in [5.74, 6) is 0.0163. The largest absolute Gasteiger partial charge is 0.355 e. The third-order valence-corrected chi connectivity index (χ3v) is 1.79. The molecule has 0 aliphatic rings. The van der Waals surface area contributed by atoms with Crippen molar-refractivity contribution >= 4 is 18.5 Å². The molecular weight excluding hydrogens is 170 g/mol. The van der Waals surface area contributed by atoms with Gasteiger partial charge >= 0.3 is 0 Å². The lowest BCUT2D eigenvalue weighted by Gasteiger charge is -2.18. The third-order valence-electron chi connectivity index (χ3n) is 1.55. The normalized spacial score (nSPS) is 14.1. The summed E-state index contributed by atoms with van der Waals surface area (Å²) in [7, 11) is 0. The Morgan fingerprint density at radius 2 is 2.00 bits per heavy atom. The van der Waals surface area contributed by atoms with E-state index in [1.54, 1.807) is 6.92 Å². The lowest BCUT2D eigenvalue weighted by Crippen LogP contribution is -2.32. The van der Waals surface area contributed by atoms with Crippen molar-refractivity contribution in [1.29, 1.82) is 0 Å². The van der Waals surface area contributed by atoms with Crippen LogP contribution in [-0.4, -0.2) is 17.7 Å². The van der Waals surface area contributed by atoms with Crippen molar-refractivity contribution in [2.75, 3.05) is 6.54 Å². The fourth-order valence-corrected chi connectivity index (χ4v) is 0.800. The highest BCUT2D eigenvalue weighted by molar-refractivity contribution is 7.81. The number of amides is 1. The van der Waals surface area contributed by atoms with Crippen molar-refractivity contribution in [3.63, 3.8) is 0 Å². The highest BCUT2D eigenvalue weighted by atomic mass is 32.1. The maximum Gasteiger partial charge on any atom is 0.232 e. The molecule has 0 bridgehead atoms. The van der Waals surface area contributed by atoms with Gasteiger partial charge in [0.05, 0.1) is 5.25 Å². The van der Waals surface area contributed by atoms with Crippen molar-refractivity contribution in [2.45, 2.75) is 39.4 Å². The van der Waals surface area contributed by atoms with Gasteiger partial charge in [0.15, 0.2) is 0 Å². The summed E-state index contributed by atoms with van der Waals surface area (Å²) in [6.07, 6.45) is 0.999. The van der Waals surface area contributed by atoms with E-state index in [0.29, 0.717) is 0 Å². The first-order chi connectivity index (χ1) is 5.33. The Labute approximate surface area is 80.5 Å². The summed E-state index contributed by atoms with van der Waals surface area (Å²) in [4.78, 5) is 11.0. The second-order valence-electron chi connectivity index (χ2n) is 4.28. The Bertz CT molecular complexity index is 149. The average Bonchev–Trinajstić information content (AvgIpc) is 1.84. The lowest BCUT2D eigenvalue weighted by molar-refractivity contribution is -0.120. The van der Waals surface area contributed by atoms with Gasteiger partial charge in [-0.15, -0.1) is 0 Å². The molecule has 1 N–H and O–H groups in total. The molecule has 0 rings (SSSR count). The van der Waals surface area contributed by atoms with Gasteiger partial charge in [0, 0.05) is 6.54 Å². The molecule has 0 fully saturated rings. The molecule has 12 heavy (non-hydrogen) atoms. The highest BCUT2D eigenvalue weighted by Crippen LogP contribution is 2.16. The number of hydrogen-bond acceptors (Lipinski definition) is 2. The average molecular weight is 189 g/mol. The van der Waals surface area contributed by atoms with Crippen LogP contribution < -0.4 is 5.32 Å². The minimum Gasteiger partial charge on any atom is -0.355 e. The Morgan fingerprint density at radius 3 is 2.33 bits per heavy atom. The number of rotatable bonds is 3. The van der Waals surface area contributed by atoms with Crippen LogP contribution in [0, 0.1) is 5.41 Å². The highest BCUT2D eigenvalue weighted by Gasteiger charge is 2.11. The first kappa shape index (κ1) is 11.8. The maximum absolute atomic E-state index is 11.0. The molecule has 0 heterocycles. The van der Waals surface area contributed by atoms with Crippen molar-refractivity contribution < 1.29 is 4.79 Å². The number of carbonyl (C=O) groups excluding carboxylic acids is 1. The Hall–Kier alpha value is -0.180. The Morgan fingerprint density at radius 1 is 1.50 bits per heavy atom. The molecule has 1 unspecified atom stereocenters. The first-order valence-corrected chi connectivity index (χ1v) is 4.80. The van der Waals surface area contributed by atoms with Gasteiger partial charge in [-0.2, -0.15) is 12.6 Å². The van der Waals surface area contributed by atoms with Crippen molar-refractivity contribution in [1.82, 2.24) is 5.32 Å². The third kappa shape index (κ3) is 6.53. The first-order valence-electron chi connectivity index (χ1n) is 4.29. The summed E-state index contributed by atoms with van der Waals surface area (Å²) in [5, 5.41) is 2.62. The molecule has 0 aromatic rings. The van der Waals surface area contributed by atoms with Gasteiger partial charge in [-0.25, -0.2) is 0 Å². The summed E-state index contributed by atoms with van der Waals surface area (Å²) in [5.41, 5.74) is 0.285. The van der Waals surface area contributed by atoms with E-state index in [9.17, 15) is 4.79 Å². The lowest BCUT2D eigenvalue weighted by atomic mass is 9.92. The van der Waals surface area contributed by atoms with Gasteiger partial charge in [0.1, 0.15) is 0 Å². The quantitative estimate of drug-likeness (QED) is 0.652. The standard InChI is InChI=1S/C9H19NOS/c1-7(12)8(11)10-6-5-9(2,3)4/h7,12H,5-6H2,1-4H3,(H,10,11). The molecule has 1 atom stereocenters. The van der Waals surface area contributed by atoms with Gasteiger partial charge in [0.2, 0.25) is 5.91 Å². The van der Waals surface area contributed by atoms with Crippen LogP contribution in [0.4, 0.5) is 0 Å². The van der Waals surface area contributed by atoms with Crippen LogP contribution in [0.3, 0.4) is 0 Å². The van der Waals surface area contributed by atoms with E-state index in [1.807, 2.05) is 0 Å². The smallest absolute Gasteiger partial charge is 0.232 e. The molecule has 72 valence electrons. The van der Waals surface area contributed by atoms with Gasteiger partial charge in [-0.1, -0.05) is 20.8 Å². The zero-order chi connectivity index (χ0) is 9.78. The zero-order valence-electron chi connectivity index (χ0n) is 8.35.